The molecule has 220 valence electrons. The highest BCUT2D eigenvalue weighted by Crippen LogP contribution is 2.42. The quantitative estimate of drug-likeness (QED) is 0.168. The lowest BCUT2D eigenvalue weighted by Gasteiger charge is -2.17. The minimum absolute atomic E-state index is 0.216. The maximum Gasteiger partial charge on any atom is 0.271 e. The number of nitrogens with zero attached hydrogens (tertiary/aromatic N) is 2. The second kappa shape index (κ2) is 13.9. The van der Waals surface area contributed by atoms with Gasteiger partial charge in [0.2, 0.25) is 0 Å². The van der Waals surface area contributed by atoms with Gasteiger partial charge in [-0.1, -0.05) is 63.4 Å². The fraction of sp³-hybridized carbons (Fsp3) is 0.152. The van der Waals surface area contributed by atoms with Gasteiger partial charge in [-0.3, -0.25) is 9.69 Å². The Bertz CT molecular complexity index is 1760. The number of carbonyl (C=O) groups is 1. The maximum atomic E-state index is 13.9. The van der Waals surface area contributed by atoms with Crippen molar-refractivity contribution in [3.05, 3.63) is 119 Å². The summed E-state index contributed by atoms with van der Waals surface area (Å²) >= 11 is 21.2. The van der Waals surface area contributed by atoms with Gasteiger partial charge >= 0.3 is 0 Å². The van der Waals surface area contributed by atoms with Crippen molar-refractivity contribution in [1.82, 2.24) is 0 Å². The number of amides is 1. The first-order valence-electron chi connectivity index (χ1n) is 13.3. The lowest BCUT2D eigenvalue weighted by molar-refractivity contribution is -0.113. The van der Waals surface area contributed by atoms with Crippen LogP contribution in [0.1, 0.15) is 29.2 Å². The van der Waals surface area contributed by atoms with E-state index in [4.69, 9.17) is 37.7 Å². The molecule has 5 rings (SSSR count). The summed E-state index contributed by atoms with van der Waals surface area (Å²) in [7, 11) is 0. The Kier molecular flexibility index (Phi) is 10.2. The second-order valence-electron chi connectivity index (χ2n) is 9.69. The molecule has 1 aliphatic heterocycles. The van der Waals surface area contributed by atoms with E-state index in [1.54, 1.807) is 17.0 Å². The molecule has 0 spiro atoms. The number of amidine groups is 1. The van der Waals surface area contributed by atoms with Crippen molar-refractivity contribution in [3.8, 4) is 11.5 Å². The van der Waals surface area contributed by atoms with Crippen molar-refractivity contribution < 1.29 is 14.3 Å². The summed E-state index contributed by atoms with van der Waals surface area (Å²) < 4.78 is 13.8. The number of ether oxygens (including phenoxy) is 2. The fourth-order valence-electron chi connectivity index (χ4n) is 4.22. The van der Waals surface area contributed by atoms with Gasteiger partial charge < -0.3 is 9.47 Å². The number of thioether (sulfide) groups is 1. The van der Waals surface area contributed by atoms with Crippen LogP contribution in [0.15, 0.2) is 91.6 Å². The molecule has 0 radical (unpaired) electrons. The third-order valence-electron chi connectivity index (χ3n) is 6.53. The minimum atomic E-state index is -0.216. The van der Waals surface area contributed by atoms with Gasteiger partial charge in [-0.25, -0.2) is 4.99 Å². The number of hydrogen-bond donors (Lipinski definition) is 0. The summed E-state index contributed by atoms with van der Waals surface area (Å²) in [6, 6.07) is 22.8. The Hall–Kier alpha value is -2.75. The van der Waals surface area contributed by atoms with E-state index in [0.717, 1.165) is 26.7 Å². The minimum Gasteiger partial charge on any atom is -0.490 e. The molecule has 0 bridgehead atoms. The summed E-state index contributed by atoms with van der Waals surface area (Å²) in [6.07, 6.45) is 1.83. The molecule has 0 N–H and O–H groups in total. The standard InChI is InChI=1S/C33H26Br2Cl2N2O3S/c1-4-41-29-14-22(13-26(35)31(29)42-18-21-7-9-23(34)10-8-21)15-30-32(40)39(25-12-6-20(3)28(37)17-25)33(43-30)38-24-11-5-19(2)27(36)16-24/h5-17H,4,18H2,1-3H3/b30-15+,38-33?. The van der Waals surface area contributed by atoms with E-state index < -0.39 is 0 Å². The number of halogens is 4. The molecule has 4 aromatic carbocycles. The first-order valence-corrected chi connectivity index (χ1v) is 16.5. The van der Waals surface area contributed by atoms with Crippen molar-refractivity contribution in [2.45, 2.75) is 27.4 Å². The Morgan fingerprint density at radius 3 is 2.28 bits per heavy atom. The van der Waals surface area contributed by atoms with E-state index in [1.807, 2.05) is 87.5 Å². The van der Waals surface area contributed by atoms with Crippen molar-refractivity contribution >= 4 is 95.3 Å². The molecule has 0 aliphatic carbocycles. The lowest BCUT2D eigenvalue weighted by atomic mass is 10.1. The number of carbonyl (C=O) groups excluding carboxylic acids is 1. The SMILES string of the molecule is CCOc1cc(/C=C2/SC(=Nc3ccc(C)c(Cl)c3)N(c3ccc(C)c(Cl)c3)C2=O)cc(Br)c1OCc1ccc(Br)cc1. The first-order chi connectivity index (χ1) is 20.6. The summed E-state index contributed by atoms with van der Waals surface area (Å²) in [6.45, 7) is 6.59. The van der Waals surface area contributed by atoms with Crippen LogP contribution in [-0.4, -0.2) is 17.7 Å². The van der Waals surface area contributed by atoms with Crippen LogP contribution in [0.3, 0.4) is 0 Å². The molecule has 4 aromatic rings. The van der Waals surface area contributed by atoms with Gasteiger partial charge in [0.25, 0.3) is 5.91 Å². The van der Waals surface area contributed by atoms with E-state index in [9.17, 15) is 4.79 Å². The summed E-state index contributed by atoms with van der Waals surface area (Å²) in [5.41, 5.74) is 4.92. The van der Waals surface area contributed by atoms with Gasteiger partial charge in [-0.05, 0) is 125 Å². The van der Waals surface area contributed by atoms with Crippen LogP contribution in [0.4, 0.5) is 11.4 Å². The van der Waals surface area contributed by atoms with Gasteiger partial charge in [0, 0.05) is 14.5 Å². The molecule has 1 fully saturated rings. The van der Waals surface area contributed by atoms with Gasteiger partial charge in [0.15, 0.2) is 16.7 Å². The summed E-state index contributed by atoms with van der Waals surface area (Å²) in [5, 5.41) is 1.66. The normalized spacial score (nSPS) is 15.0. The predicted molar refractivity (Wildman–Crippen MR) is 186 cm³/mol. The summed E-state index contributed by atoms with van der Waals surface area (Å²) in [4.78, 5) is 20.8. The number of benzene rings is 4. The van der Waals surface area contributed by atoms with Crippen LogP contribution in [0.2, 0.25) is 10.0 Å². The number of hydrogen-bond acceptors (Lipinski definition) is 5. The molecular weight excluding hydrogens is 735 g/mol. The Balaban J connectivity index is 1.51. The number of aryl methyl sites for hydroxylation is 2. The van der Waals surface area contributed by atoms with Gasteiger partial charge in [-0.15, -0.1) is 0 Å². The zero-order valence-corrected chi connectivity index (χ0v) is 29.0. The second-order valence-corrected chi connectivity index (χ2v) is 13.3. The van der Waals surface area contributed by atoms with E-state index >= 15 is 0 Å². The Morgan fingerprint density at radius 2 is 1.60 bits per heavy atom. The molecule has 43 heavy (non-hydrogen) atoms. The molecule has 1 aliphatic rings. The van der Waals surface area contributed by atoms with E-state index in [1.165, 1.54) is 11.8 Å². The topological polar surface area (TPSA) is 51.1 Å². The fourth-order valence-corrected chi connectivity index (χ4v) is 6.41. The van der Waals surface area contributed by atoms with Crippen LogP contribution in [-0.2, 0) is 11.4 Å². The molecule has 1 amide bonds. The number of aliphatic imine (C=N–C) groups is 1. The zero-order valence-electron chi connectivity index (χ0n) is 23.5. The van der Waals surface area contributed by atoms with Gasteiger partial charge in [0.05, 0.1) is 27.4 Å². The molecule has 0 atom stereocenters. The third-order valence-corrected chi connectivity index (χ3v) is 9.43. The van der Waals surface area contributed by atoms with Crippen LogP contribution in [0, 0.1) is 13.8 Å². The van der Waals surface area contributed by atoms with E-state index in [-0.39, 0.29) is 5.91 Å². The summed E-state index contributed by atoms with van der Waals surface area (Å²) in [5.74, 6) is 0.944. The van der Waals surface area contributed by atoms with Crippen LogP contribution in [0.5, 0.6) is 11.5 Å². The Morgan fingerprint density at radius 1 is 0.907 bits per heavy atom. The van der Waals surface area contributed by atoms with Crippen LogP contribution in [0.25, 0.3) is 6.08 Å². The highest BCUT2D eigenvalue weighted by atomic mass is 79.9. The maximum absolute atomic E-state index is 13.9. The monoisotopic (exact) mass is 758 g/mol. The average molecular weight is 761 g/mol. The molecule has 0 saturated carbocycles. The van der Waals surface area contributed by atoms with Crippen molar-refractivity contribution in [3.63, 3.8) is 0 Å². The molecule has 1 saturated heterocycles. The third kappa shape index (κ3) is 7.49. The average Bonchev–Trinajstić information content (AvgIpc) is 3.26. The van der Waals surface area contributed by atoms with E-state index in [2.05, 4.69) is 31.9 Å². The van der Waals surface area contributed by atoms with Crippen molar-refractivity contribution in [1.29, 1.82) is 0 Å². The lowest BCUT2D eigenvalue weighted by Crippen LogP contribution is -2.28. The highest BCUT2D eigenvalue weighted by molar-refractivity contribution is 9.10. The van der Waals surface area contributed by atoms with Crippen LogP contribution < -0.4 is 14.4 Å². The smallest absolute Gasteiger partial charge is 0.271 e. The molecule has 1 heterocycles. The highest BCUT2D eigenvalue weighted by Gasteiger charge is 2.35. The molecule has 0 aromatic heterocycles. The van der Waals surface area contributed by atoms with Gasteiger partial charge in [0.1, 0.15) is 6.61 Å². The Labute approximate surface area is 282 Å². The molecular formula is C33H26Br2Cl2N2O3S. The van der Waals surface area contributed by atoms with Crippen LogP contribution >= 0.6 is 66.8 Å². The molecule has 5 nitrogen and oxygen atoms in total. The largest absolute Gasteiger partial charge is 0.490 e. The zero-order chi connectivity index (χ0) is 30.7. The van der Waals surface area contributed by atoms with Crippen molar-refractivity contribution in [2.75, 3.05) is 11.5 Å². The number of anilines is 1. The van der Waals surface area contributed by atoms with Gasteiger partial charge in [-0.2, -0.15) is 0 Å². The predicted octanol–water partition coefficient (Wildman–Crippen LogP) is 10.9. The first kappa shape index (κ1) is 31.7. The molecule has 0 unspecified atom stereocenters. The number of rotatable bonds is 8. The van der Waals surface area contributed by atoms with Crippen molar-refractivity contribution in [2.24, 2.45) is 4.99 Å². The molecule has 10 heteroatoms. The van der Waals surface area contributed by atoms with E-state index in [0.29, 0.717) is 60.7 Å².